The van der Waals surface area contributed by atoms with Crippen molar-refractivity contribution in [3.05, 3.63) is 82.2 Å². The third kappa shape index (κ3) is 6.10. The Morgan fingerprint density at radius 3 is 1.85 bits per heavy atom. The molecule has 0 aliphatic rings. The van der Waals surface area contributed by atoms with Crippen LogP contribution in [0, 0.1) is 25.2 Å². The van der Waals surface area contributed by atoms with E-state index in [0.29, 0.717) is 27.7 Å². The Kier molecular flexibility index (Phi) is 9.61. The number of pyridine rings is 2. The number of amides is 1. The van der Waals surface area contributed by atoms with Crippen molar-refractivity contribution in [2.24, 2.45) is 5.73 Å². The van der Waals surface area contributed by atoms with Crippen LogP contribution in [0.5, 0.6) is 0 Å². The van der Waals surface area contributed by atoms with E-state index in [0.717, 1.165) is 27.5 Å². The Hall–Kier alpha value is -3.86. The van der Waals surface area contributed by atoms with Crippen LogP contribution < -0.4 is 5.73 Å². The zero-order valence-corrected chi connectivity index (χ0v) is 17.3. The molecule has 4 N–H and O–H groups in total. The average Bonchev–Trinajstić information content (AvgIpc) is 2.77. The lowest BCUT2D eigenvalue weighted by Crippen LogP contribution is -2.12. The summed E-state index contributed by atoms with van der Waals surface area (Å²) in [5.41, 5.74) is 10.9. The molecule has 2 aromatic carbocycles. The summed E-state index contributed by atoms with van der Waals surface area (Å²) < 4.78 is 0. The van der Waals surface area contributed by atoms with Crippen molar-refractivity contribution in [1.29, 1.82) is 5.26 Å². The number of carbonyl (C=O) groups excluding carboxylic acids is 1. The van der Waals surface area contributed by atoms with Crippen LogP contribution in [-0.4, -0.2) is 26.1 Å². The van der Waals surface area contributed by atoms with Crippen molar-refractivity contribution in [2.45, 2.75) is 41.9 Å². The average molecular weight is 447 g/mol. The SMILES string of the molecule is C.C.Cc1cnc2c(C#N)cc(CO)cc2c1.Cc1cnc2c(C(N)=O)cc(CO)cc2c1. The third-order valence-corrected chi connectivity index (χ3v) is 4.71. The molecule has 0 aliphatic carbocycles. The number of aromatic nitrogens is 2. The monoisotopic (exact) mass is 446 g/mol. The van der Waals surface area contributed by atoms with Crippen LogP contribution in [0.25, 0.3) is 21.8 Å². The van der Waals surface area contributed by atoms with Gasteiger partial charge in [0.1, 0.15) is 6.07 Å². The summed E-state index contributed by atoms with van der Waals surface area (Å²) in [5, 5.41) is 28.8. The lowest BCUT2D eigenvalue weighted by Gasteiger charge is -2.06. The number of hydrogen-bond acceptors (Lipinski definition) is 6. The van der Waals surface area contributed by atoms with Gasteiger partial charge in [0.15, 0.2) is 0 Å². The lowest BCUT2D eigenvalue weighted by molar-refractivity contribution is 0.100. The Morgan fingerprint density at radius 1 is 0.879 bits per heavy atom. The molecule has 0 fully saturated rings. The van der Waals surface area contributed by atoms with Crippen molar-refractivity contribution in [3.63, 3.8) is 0 Å². The second-order valence-electron chi connectivity index (χ2n) is 7.25. The maximum absolute atomic E-state index is 11.3. The van der Waals surface area contributed by atoms with Gasteiger partial charge in [-0.1, -0.05) is 14.9 Å². The molecule has 0 saturated heterocycles. The van der Waals surface area contributed by atoms with E-state index in [1.165, 1.54) is 0 Å². The number of primary amides is 1. The van der Waals surface area contributed by atoms with Crippen LogP contribution in [0.1, 0.15) is 53.0 Å². The molecular formula is C26H30N4O3. The first kappa shape index (κ1) is 27.2. The highest BCUT2D eigenvalue weighted by molar-refractivity contribution is 6.05. The molecule has 0 bridgehead atoms. The number of nitrogens with zero attached hydrogens (tertiary/aromatic N) is 3. The molecule has 2 heterocycles. The van der Waals surface area contributed by atoms with Crippen LogP contribution >= 0.6 is 0 Å². The highest BCUT2D eigenvalue weighted by Crippen LogP contribution is 2.21. The number of aliphatic hydroxyl groups is 2. The van der Waals surface area contributed by atoms with Gasteiger partial charge in [0, 0.05) is 23.2 Å². The first-order chi connectivity index (χ1) is 14.9. The van der Waals surface area contributed by atoms with Crippen molar-refractivity contribution in [1.82, 2.24) is 9.97 Å². The highest BCUT2D eigenvalue weighted by atomic mass is 16.3. The molecule has 172 valence electrons. The standard InChI is InChI=1S/C12H12N2O2.C12H10N2O.2CH4/c1-7-2-9-3-8(6-15)4-10(12(13)16)11(9)14-5-7;1-8-2-10-3-9(7-15)4-11(5-13)12(10)14-6-8;;/h2-5,15H,6H2,1H3,(H2,13,16);2-4,6,15H,7H2,1H3;2*1H4. The van der Waals surface area contributed by atoms with Gasteiger partial charge in [-0.3, -0.25) is 14.8 Å². The van der Waals surface area contributed by atoms with E-state index in [2.05, 4.69) is 16.0 Å². The van der Waals surface area contributed by atoms with Crippen LogP contribution in [-0.2, 0) is 13.2 Å². The van der Waals surface area contributed by atoms with E-state index >= 15 is 0 Å². The van der Waals surface area contributed by atoms with E-state index in [4.69, 9.17) is 21.2 Å². The maximum atomic E-state index is 11.3. The van der Waals surface area contributed by atoms with Crippen molar-refractivity contribution in [3.8, 4) is 6.07 Å². The second-order valence-corrected chi connectivity index (χ2v) is 7.25. The van der Waals surface area contributed by atoms with Gasteiger partial charge >= 0.3 is 0 Å². The van der Waals surface area contributed by atoms with E-state index in [1.54, 1.807) is 24.5 Å². The summed E-state index contributed by atoms with van der Waals surface area (Å²) in [5.74, 6) is -0.531. The number of fused-ring (bicyclic) bond motifs is 2. The van der Waals surface area contributed by atoms with Crippen LogP contribution in [0.3, 0.4) is 0 Å². The fourth-order valence-corrected chi connectivity index (χ4v) is 3.30. The number of aryl methyl sites for hydroxylation is 2. The first-order valence-electron chi connectivity index (χ1n) is 9.56. The molecule has 33 heavy (non-hydrogen) atoms. The van der Waals surface area contributed by atoms with Gasteiger partial charge in [-0.25, -0.2) is 0 Å². The van der Waals surface area contributed by atoms with Gasteiger partial charge < -0.3 is 15.9 Å². The lowest BCUT2D eigenvalue weighted by atomic mass is 10.0. The molecule has 1 amide bonds. The molecule has 0 spiro atoms. The van der Waals surface area contributed by atoms with E-state index in [9.17, 15) is 4.79 Å². The summed E-state index contributed by atoms with van der Waals surface area (Å²) in [4.78, 5) is 19.7. The van der Waals surface area contributed by atoms with Crippen molar-refractivity contribution in [2.75, 3.05) is 0 Å². The fraction of sp³-hybridized carbons (Fsp3) is 0.231. The summed E-state index contributed by atoms with van der Waals surface area (Å²) in [7, 11) is 0. The summed E-state index contributed by atoms with van der Waals surface area (Å²) >= 11 is 0. The zero-order valence-electron chi connectivity index (χ0n) is 17.3. The van der Waals surface area contributed by atoms with Gasteiger partial charge in [0.2, 0.25) is 0 Å². The molecule has 0 unspecified atom stereocenters. The van der Waals surface area contributed by atoms with Gasteiger partial charge in [-0.15, -0.1) is 0 Å². The molecule has 2 aromatic heterocycles. The largest absolute Gasteiger partial charge is 0.392 e. The normalized spacial score (nSPS) is 9.79. The maximum Gasteiger partial charge on any atom is 0.250 e. The first-order valence-corrected chi connectivity index (χ1v) is 9.56. The Bertz CT molecular complexity index is 1330. The number of aliphatic hydroxyl groups excluding tert-OH is 2. The smallest absolute Gasteiger partial charge is 0.250 e. The summed E-state index contributed by atoms with van der Waals surface area (Å²) in [6.07, 6.45) is 3.43. The van der Waals surface area contributed by atoms with E-state index < -0.39 is 5.91 Å². The Balaban J connectivity index is 0.000000312. The molecule has 0 radical (unpaired) electrons. The summed E-state index contributed by atoms with van der Waals surface area (Å²) in [6, 6.07) is 12.9. The molecule has 0 aliphatic heterocycles. The fourth-order valence-electron chi connectivity index (χ4n) is 3.30. The molecule has 4 aromatic rings. The number of benzene rings is 2. The number of hydrogen-bond donors (Lipinski definition) is 3. The van der Waals surface area contributed by atoms with Crippen molar-refractivity contribution < 1.29 is 15.0 Å². The predicted octanol–water partition coefficient (Wildman–Crippen LogP) is 4.31. The molecule has 0 atom stereocenters. The van der Waals surface area contributed by atoms with E-state index in [-0.39, 0.29) is 28.1 Å². The molecule has 0 saturated carbocycles. The van der Waals surface area contributed by atoms with E-state index in [1.807, 2.05) is 38.1 Å². The minimum Gasteiger partial charge on any atom is -0.392 e. The van der Waals surface area contributed by atoms with Crippen LogP contribution in [0.2, 0.25) is 0 Å². The minimum atomic E-state index is -0.531. The summed E-state index contributed by atoms with van der Waals surface area (Å²) in [6.45, 7) is 3.69. The molecule has 4 rings (SSSR count). The number of nitrogens with two attached hydrogens (primary N) is 1. The molecule has 7 nitrogen and oxygen atoms in total. The Labute approximate surface area is 194 Å². The predicted molar refractivity (Wildman–Crippen MR) is 132 cm³/mol. The quantitative estimate of drug-likeness (QED) is 0.429. The topological polar surface area (TPSA) is 133 Å². The molecule has 7 heteroatoms. The van der Waals surface area contributed by atoms with Crippen LogP contribution in [0.15, 0.2) is 48.8 Å². The van der Waals surface area contributed by atoms with Gasteiger partial charge in [0.05, 0.1) is 35.4 Å². The zero-order chi connectivity index (χ0) is 22.5. The van der Waals surface area contributed by atoms with Gasteiger partial charge in [-0.2, -0.15) is 5.26 Å². The minimum absolute atomic E-state index is 0. The second kappa shape index (κ2) is 11.7. The number of nitriles is 1. The molecular weight excluding hydrogens is 416 g/mol. The van der Waals surface area contributed by atoms with Crippen LogP contribution in [0.4, 0.5) is 0 Å². The number of rotatable bonds is 3. The highest BCUT2D eigenvalue weighted by Gasteiger charge is 2.10. The van der Waals surface area contributed by atoms with Crippen molar-refractivity contribution >= 4 is 27.7 Å². The van der Waals surface area contributed by atoms with Gasteiger partial charge in [-0.05, 0) is 72.5 Å². The third-order valence-electron chi connectivity index (χ3n) is 4.71. The number of carbonyl (C=O) groups is 1. The Morgan fingerprint density at radius 2 is 1.36 bits per heavy atom. The van der Waals surface area contributed by atoms with Gasteiger partial charge in [0.25, 0.3) is 5.91 Å².